The average Bonchev–Trinajstić information content (AvgIpc) is 2.99. The van der Waals surface area contributed by atoms with Crippen molar-refractivity contribution in [1.82, 2.24) is 15.0 Å². The average molecular weight is 412 g/mol. The highest BCUT2D eigenvalue weighted by Crippen LogP contribution is 2.32. The molecule has 1 saturated heterocycles. The van der Waals surface area contributed by atoms with Crippen LogP contribution in [0.3, 0.4) is 0 Å². The molecule has 1 aliphatic rings. The van der Waals surface area contributed by atoms with Crippen LogP contribution < -0.4 is 10.2 Å². The maximum absolute atomic E-state index is 12.3. The van der Waals surface area contributed by atoms with Crippen molar-refractivity contribution in [3.63, 3.8) is 0 Å². The Morgan fingerprint density at radius 1 is 1.23 bits per heavy atom. The minimum Gasteiger partial charge on any atom is -0.348 e. The standard InChI is InChI=1S/C17H19Cl2N5OS/c1-9(2)14-7-26-17(25)24(14)16-21-8-20-15(23-16)22-10(3)11-4-5-12(18)13(19)6-11/h4-6,8-10,14H,7H2,1-3H3,(H,20,21,22,23)/t10-,14+/m0/s1. The van der Waals surface area contributed by atoms with E-state index in [4.69, 9.17) is 23.2 Å². The molecule has 138 valence electrons. The van der Waals surface area contributed by atoms with E-state index in [0.717, 1.165) is 11.3 Å². The summed E-state index contributed by atoms with van der Waals surface area (Å²) in [7, 11) is 0. The van der Waals surface area contributed by atoms with Crippen molar-refractivity contribution >= 4 is 52.1 Å². The van der Waals surface area contributed by atoms with Gasteiger partial charge < -0.3 is 5.32 Å². The van der Waals surface area contributed by atoms with E-state index in [-0.39, 0.29) is 17.3 Å². The third kappa shape index (κ3) is 4.05. The molecule has 0 radical (unpaired) electrons. The molecule has 1 aromatic carbocycles. The van der Waals surface area contributed by atoms with Gasteiger partial charge in [-0.2, -0.15) is 4.98 Å². The maximum atomic E-state index is 12.3. The Labute approximate surface area is 166 Å². The summed E-state index contributed by atoms with van der Waals surface area (Å²) in [6, 6.07) is 5.44. The molecule has 6 nitrogen and oxygen atoms in total. The molecule has 3 rings (SSSR count). The van der Waals surface area contributed by atoms with Gasteiger partial charge in [0.05, 0.1) is 22.1 Å². The number of carbonyl (C=O) groups is 1. The first kappa shape index (κ1) is 19.2. The fourth-order valence-corrected chi connectivity index (χ4v) is 4.20. The van der Waals surface area contributed by atoms with Crippen LogP contribution in [-0.2, 0) is 0 Å². The Hall–Kier alpha value is -1.57. The topological polar surface area (TPSA) is 71.0 Å². The number of rotatable bonds is 5. The zero-order chi connectivity index (χ0) is 18.8. The Morgan fingerprint density at radius 3 is 2.69 bits per heavy atom. The predicted molar refractivity (Wildman–Crippen MR) is 107 cm³/mol. The van der Waals surface area contributed by atoms with E-state index in [9.17, 15) is 4.79 Å². The third-order valence-corrected chi connectivity index (χ3v) is 5.93. The summed E-state index contributed by atoms with van der Waals surface area (Å²) in [6.07, 6.45) is 1.42. The van der Waals surface area contributed by atoms with E-state index >= 15 is 0 Å². The van der Waals surface area contributed by atoms with Crippen LogP contribution in [0.1, 0.15) is 32.4 Å². The number of carbonyl (C=O) groups excluding carboxylic acids is 1. The van der Waals surface area contributed by atoms with Gasteiger partial charge in [0.2, 0.25) is 11.9 Å². The number of nitrogens with zero attached hydrogens (tertiary/aromatic N) is 4. The van der Waals surface area contributed by atoms with E-state index in [0.29, 0.717) is 27.9 Å². The van der Waals surface area contributed by atoms with E-state index in [1.807, 2.05) is 13.0 Å². The van der Waals surface area contributed by atoms with Crippen molar-refractivity contribution in [2.45, 2.75) is 32.9 Å². The zero-order valence-corrected chi connectivity index (χ0v) is 16.9. The molecule has 1 amide bonds. The number of hydrogen-bond acceptors (Lipinski definition) is 6. The highest BCUT2D eigenvalue weighted by molar-refractivity contribution is 8.14. The lowest BCUT2D eigenvalue weighted by molar-refractivity contribution is 0.263. The van der Waals surface area contributed by atoms with Gasteiger partial charge in [-0.25, -0.2) is 9.97 Å². The second kappa shape index (κ2) is 7.98. The molecular formula is C17H19Cl2N5OS. The van der Waals surface area contributed by atoms with Crippen LogP contribution in [0.25, 0.3) is 0 Å². The Balaban J connectivity index is 1.81. The largest absolute Gasteiger partial charge is 0.348 e. The molecule has 0 spiro atoms. The second-order valence-electron chi connectivity index (χ2n) is 6.41. The SMILES string of the molecule is CC(C)[C@H]1CSC(=O)N1c1ncnc(N[C@@H](C)c2ccc(Cl)c(Cl)c2)n1. The van der Waals surface area contributed by atoms with Gasteiger partial charge in [0.15, 0.2) is 0 Å². The summed E-state index contributed by atoms with van der Waals surface area (Å²) in [6.45, 7) is 6.14. The molecule has 1 N–H and O–H groups in total. The van der Waals surface area contributed by atoms with Gasteiger partial charge in [-0.15, -0.1) is 0 Å². The third-order valence-electron chi connectivity index (χ3n) is 4.24. The van der Waals surface area contributed by atoms with Crippen molar-refractivity contribution in [1.29, 1.82) is 0 Å². The molecule has 2 aromatic rings. The van der Waals surface area contributed by atoms with Gasteiger partial charge in [-0.3, -0.25) is 9.69 Å². The number of thioether (sulfide) groups is 1. The molecular weight excluding hydrogens is 393 g/mol. The van der Waals surface area contributed by atoms with Crippen LogP contribution in [0, 0.1) is 5.92 Å². The van der Waals surface area contributed by atoms with Gasteiger partial charge in [0.25, 0.3) is 5.24 Å². The van der Waals surface area contributed by atoms with E-state index < -0.39 is 0 Å². The van der Waals surface area contributed by atoms with Crippen molar-refractivity contribution in [3.05, 3.63) is 40.1 Å². The summed E-state index contributed by atoms with van der Waals surface area (Å²) in [5, 5.41) is 4.19. The van der Waals surface area contributed by atoms with Crippen molar-refractivity contribution in [2.24, 2.45) is 5.92 Å². The summed E-state index contributed by atoms with van der Waals surface area (Å²) in [5.74, 6) is 1.83. The summed E-state index contributed by atoms with van der Waals surface area (Å²) in [4.78, 5) is 26.7. The number of benzene rings is 1. The lowest BCUT2D eigenvalue weighted by Gasteiger charge is -2.25. The first-order valence-corrected chi connectivity index (χ1v) is 9.97. The fourth-order valence-electron chi connectivity index (χ4n) is 2.69. The summed E-state index contributed by atoms with van der Waals surface area (Å²) < 4.78 is 0. The van der Waals surface area contributed by atoms with Crippen LogP contribution in [0.2, 0.25) is 10.0 Å². The van der Waals surface area contributed by atoms with Crippen molar-refractivity contribution < 1.29 is 4.79 Å². The molecule has 1 aliphatic heterocycles. The lowest BCUT2D eigenvalue weighted by atomic mass is 10.1. The van der Waals surface area contributed by atoms with E-state index in [2.05, 4.69) is 34.1 Å². The highest BCUT2D eigenvalue weighted by atomic mass is 35.5. The molecule has 26 heavy (non-hydrogen) atoms. The second-order valence-corrected chi connectivity index (χ2v) is 8.19. The molecule has 2 atom stereocenters. The van der Waals surface area contributed by atoms with Gasteiger partial charge in [-0.1, -0.05) is 54.9 Å². The first-order chi connectivity index (χ1) is 12.4. The lowest BCUT2D eigenvalue weighted by Crippen LogP contribution is -2.38. The maximum Gasteiger partial charge on any atom is 0.288 e. The van der Waals surface area contributed by atoms with Crippen molar-refractivity contribution in [2.75, 3.05) is 16.0 Å². The Kier molecular flexibility index (Phi) is 5.89. The van der Waals surface area contributed by atoms with Crippen LogP contribution in [0.5, 0.6) is 0 Å². The van der Waals surface area contributed by atoms with Crippen LogP contribution in [0.15, 0.2) is 24.5 Å². The number of amides is 1. The number of hydrogen-bond donors (Lipinski definition) is 1. The van der Waals surface area contributed by atoms with Crippen LogP contribution in [0.4, 0.5) is 16.7 Å². The van der Waals surface area contributed by atoms with Gasteiger partial charge >= 0.3 is 0 Å². The Morgan fingerprint density at radius 2 is 2.00 bits per heavy atom. The molecule has 9 heteroatoms. The molecule has 0 unspecified atom stereocenters. The monoisotopic (exact) mass is 411 g/mol. The Bertz CT molecular complexity index is 819. The summed E-state index contributed by atoms with van der Waals surface area (Å²) in [5.41, 5.74) is 0.953. The van der Waals surface area contributed by atoms with E-state index in [1.54, 1.807) is 17.0 Å². The number of aromatic nitrogens is 3. The minimum absolute atomic E-state index is 0.0293. The summed E-state index contributed by atoms with van der Waals surface area (Å²) >= 11 is 13.3. The van der Waals surface area contributed by atoms with Crippen LogP contribution in [-0.4, -0.2) is 32.0 Å². The highest BCUT2D eigenvalue weighted by Gasteiger charge is 2.36. The first-order valence-electron chi connectivity index (χ1n) is 8.23. The molecule has 0 aliphatic carbocycles. The molecule has 1 fully saturated rings. The minimum atomic E-state index is -0.0930. The quantitative estimate of drug-likeness (QED) is 0.741. The molecule has 1 aromatic heterocycles. The smallest absolute Gasteiger partial charge is 0.288 e. The number of nitrogens with one attached hydrogen (secondary N) is 1. The van der Waals surface area contributed by atoms with Crippen LogP contribution >= 0.6 is 35.0 Å². The predicted octanol–water partition coefficient (Wildman–Crippen LogP) is 5.05. The molecule has 0 saturated carbocycles. The molecule has 2 heterocycles. The van der Waals surface area contributed by atoms with Crippen molar-refractivity contribution in [3.8, 4) is 0 Å². The van der Waals surface area contributed by atoms with Gasteiger partial charge in [-0.05, 0) is 30.5 Å². The van der Waals surface area contributed by atoms with Gasteiger partial charge in [0.1, 0.15) is 6.33 Å². The zero-order valence-electron chi connectivity index (χ0n) is 14.6. The normalized spacial score (nSPS) is 18.5. The molecule has 0 bridgehead atoms. The fraction of sp³-hybridized carbons (Fsp3) is 0.412. The number of anilines is 2. The van der Waals surface area contributed by atoms with E-state index in [1.165, 1.54) is 18.1 Å². The van der Waals surface area contributed by atoms with Gasteiger partial charge in [0, 0.05) is 5.75 Å². The number of halogens is 2.